The van der Waals surface area contributed by atoms with Gasteiger partial charge in [0.1, 0.15) is 18.2 Å². The lowest BCUT2D eigenvalue weighted by molar-refractivity contribution is 0.374. The molecule has 4 nitrogen and oxygen atoms in total. The van der Waals surface area contributed by atoms with E-state index in [4.69, 9.17) is 0 Å². The second-order valence-electron chi connectivity index (χ2n) is 6.89. The zero-order valence-corrected chi connectivity index (χ0v) is 13.1. The highest BCUT2D eigenvalue weighted by atomic mass is 15.4. The number of fused-ring (bicyclic) bond motifs is 5. The number of anilines is 3. The molecule has 22 heavy (non-hydrogen) atoms. The maximum Gasteiger partial charge on any atom is 0.157 e. The van der Waals surface area contributed by atoms with Crippen LogP contribution >= 0.6 is 0 Å². The molecule has 0 saturated heterocycles. The predicted octanol–water partition coefficient (Wildman–Crippen LogP) is 3.39. The molecule has 2 atom stereocenters. The van der Waals surface area contributed by atoms with Gasteiger partial charge in [-0.05, 0) is 42.9 Å². The van der Waals surface area contributed by atoms with Gasteiger partial charge in [-0.1, -0.05) is 19.1 Å². The molecular weight excluding hydrogens is 272 g/mol. The van der Waals surface area contributed by atoms with Crippen LogP contribution in [-0.2, 0) is 11.8 Å². The van der Waals surface area contributed by atoms with Crippen molar-refractivity contribution in [2.75, 3.05) is 16.8 Å². The van der Waals surface area contributed by atoms with Crippen LogP contribution in [0.4, 0.5) is 17.2 Å². The smallest absolute Gasteiger partial charge is 0.157 e. The van der Waals surface area contributed by atoms with Crippen molar-refractivity contribution in [3.8, 4) is 0 Å². The molecule has 0 amide bonds. The van der Waals surface area contributed by atoms with Gasteiger partial charge < -0.3 is 9.80 Å². The molecule has 0 N–H and O–H groups in total. The molecule has 1 aromatic heterocycles. The first kappa shape index (κ1) is 12.4. The highest BCUT2D eigenvalue weighted by molar-refractivity contribution is 5.83. The summed E-state index contributed by atoms with van der Waals surface area (Å²) in [6, 6.07) is 7.06. The van der Waals surface area contributed by atoms with Gasteiger partial charge in [0.05, 0.1) is 6.20 Å². The Hall–Kier alpha value is -2.10. The van der Waals surface area contributed by atoms with Gasteiger partial charge in [-0.25, -0.2) is 9.97 Å². The summed E-state index contributed by atoms with van der Waals surface area (Å²) >= 11 is 0. The van der Waals surface area contributed by atoms with Crippen molar-refractivity contribution in [3.05, 3.63) is 41.9 Å². The molecule has 2 aromatic rings. The lowest BCUT2D eigenvalue weighted by atomic mass is 9.76. The Balaban J connectivity index is 1.77. The van der Waals surface area contributed by atoms with E-state index in [-0.39, 0.29) is 0 Å². The van der Waals surface area contributed by atoms with E-state index in [0.29, 0.717) is 11.6 Å². The van der Waals surface area contributed by atoms with Crippen molar-refractivity contribution in [1.82, 2.24) is 9.97 Å². The molecule has 2 bridgehead atoms. The van der Waals surface area contributed by atoms with Gasteiger partial charge in [-0.15, -0.1) is 0 Å². The summed E-state index contributed by atoms with van der Waals surface area (Å²) < 4.78 is 0. The van der Waals surface area contributed by atoms with E-state index in [9.17, 15) is 0 Å². The minimum atomic E-state index is 0.342. The van der Waals surface area contributed by atoms with E-state index in [0.717, 1.165) is 11.5 Å². The number of aromatic nitrogens is 2. The van der Waals surface area contributed by atoms with Gasteiger partial charge in [-0.2, -0.15) is 0 Å². The standard InChI is InChI=1S/C18H20N4/c1-3-18-7-6-16-21(2)17-15(10-19-11-20-17)22(16)14-5-4-12(9-18)8-13(14)18/h4-5,8,10-11,16H,3,6-7,9H2,1-2H3. The summed E-state index contributed by atoms with van der Waals surface area (Å²) in [5.74, 6) is 1.05. The van der Waals surface area contributed by atoms with E-state index < -0.39 is 0 Å². The van der Waals surface area contributed by atoms with Crippen LogP contribution in [0.3, 0.4) is 0 Å². The predicted molar refractivity (Wildman–Crippen MR) is 87.7 cm³/mol. The SMILES string of the molecule is CCC12CCC3N(C)c4ncncc4N3c3ccc(cc31)C2. The first-order chi connectivity index (χ1) is 10.7. The summed E-state index contributed by atoms with van der Waals surface area (Å²) in [4.78, 5) is 13.6. The molecule has 1 aliphatic carbocycles. The Kier molecular flexibility index (Phi) is 2.26. The van der Waals surface area contributed by atoms with Crippen molar-refractivity contribution in [2.24, 2.45) is 0 Å². The van der Waals surface area contributed by atoms with Crippen molar-refractivity contribution < 1.29 is 0 Å². The lowest BCUT2D eigenvalue weighted by Gasteiger charge is -2.29. The lowest BCUT2D eigenvalue weighted by Crippen LogP contribution is -2.38. The molecule has 3 aliphatic rings. The summed E-state index contributed by atoms with van der Waals surface area (Å²) in [6.07, 6.45) is 8.83. The second kappa shape index (κ2) is 4.00. The molecule has 0 radical (unpaired) electrons. The third kappa shape index (κ3) is 1.33. The number of hydrogen-bond acceptors (Lipinski definition) is 4. The molecule has 112 valence electrons. The Morgan fingerprint density at radius 2 is 2.23 bits per heavy atom. The van der Waals surface area contributed by atoms with Crippen molar-refractivity contribution in [1.29, 1.82) is 0 Å². The average molecular weight is 292 g/mol. The van der Waals surface area contributed by atoms with Gasteiger partial charge in [0.2, 0.25) is 0 Å². The Morgan fingerprint density at radius 3 is 3.09 bits per heavy atom. The third-order valence-corrected chi connectivity index (χ3v) is 6.00. The van der Waals surface area contributed by atoms with Crippen LogP contribution in [0.5, 0.6) is 0 Å². The van der Waals surface area contributed by atoms with Crippen molar-refractivity contribution >= 4 is 17.2 Å². The zero-order valence-electron chi connectivity index (χ0n) is 13.1. The van der Waals surface area contributed by atoms with Gasteiger partial charge in [-0.3, -0.25) is 0 Å². The maximum absolute atomic E-state index is 4.51. The fraction of sp³-hybridized carbons (Fsp3) is 0.444. The van der Waals surface area contributed by atoms with E-state index >= 15 is 0 Å². The largest absolute Gasteiger partial charge is 0.337 e. The quantitative estimate of drug-likeness (QED) is 0.806. The Bertz CT molecular complexity index is 771. The fourth-order valence-electron chi connectivity index (χ4n) is 4.78. The summed E-state index contributed by atoms with van der Waals surface area (Å²) in [7, 11) is 2.16. The fourth-order valence-corrected chi connectivity index (χ4v) is 4.78. The van der Waals surface area contributed by atoms with Gasteiger partial charge in [0, 0.05) is 18.2 Å². The van der Waals surface area contributed by atoms with Crippen molar-refractivity contribution in [3.63, 3.8) is 0 Å². The van der Waals surface area contributed by atoms with Gasteiger partial charge in [0.25, 0.3) is 0 Å². The minimum Gasteiger partial charge on any atom is -0.337 e. The van der Waals surface area contributed by atoms with E-state index in [1.165, 1.54) is 36.9 Å². The third-order valence-electron chi connectivity index (χ3n) is 6.00. The Labute approximate surface area is 130 Å². The van der Waals surface area contributed by atoms with Gasteiger partial charge in [0.15, 0.2) is 5.82 Å². The maximum atomic E-state index is 4.51. The number of rotatable bonds is 1. The Morgan fingerprint density at radius 1 is 1.32 bits per heavy atom. The highest BCUT2D eigenvalue weighted by Gasteiger charge is 2.46. The molecule has 0 fully saturated rings. The van der Waals surface area contributed by atoms with Gasteiger partial charge >= 0.3 is 0 Å². The number of hydrogen-bond donors (Lipinski definition) is 0. The van der Waals surface area contributed by atoms with Crippen LogP contribution in [0.15, 0.2) is 30.7 Å². The van der Waals surface area contributed by atoms with Crippen LogP contribution in [0.2, 0.25) is 0 Å². The summed E-state index contributed by atoms with van der Waals surface area (Å²) in [6.45, 7) is 2.34. The minimum absolute atomic E-state index is 0.342. The molecule has 4 heteroatoms. The molecule has 5 rings (SSSR count). The molecule has 0 spiro atoms. The monoisotopic (exact) mass is 292 g/mol. The summed E-state index contributed by atoms with van der Waals surface area (Å²) in [5, 5.41) is 0. The first-order valence-corrected chi connectivity index (χ1v) is 8.19. The van der Waals surface area contributed by atoms with E-state index in [1.807, 2.05) is 6.20 Å². The highest BCUT2D eigenvalue weighted by Crippen LogP contribution is 2.54. The average Bonchev–Trinajstić information content (AvgIpc) is 2.96. The normalized spacial score (nSPS) is 27.6. The second-order valence-corrected chi connectivity index (χ2v) is 6.89. The van der Waals surface area contributed by atoms with E-state index in [2.05, 4.69) is 51.9 Å². The zero-order chi connectivity index (χ0) is 14.9. The molecule has 0 saturated carbocycles. The molecular formula is C18H20N4. The van der Waals surface area contributed by atoms with Crippen LogP contribution in [0, 0.1) is 0 Å². The summed E-state index contributed by atoms with van der Waals surface area (Å²) in [5.41, 5.74) is 5.90. The molecule has 3 heterocycles. The number of nitrogens with zero attached hydrogens (tertiary/aromatic N) is 4. The first-order valence-electron chi connectivity index (χ1n) is 8.19. The van der Waals surface area contributed by atoms with Crippen LogP contribution in [0.1, 0.15) is 37.3 Å². The topological polar surface area (TPSA) is 32.3 Å². The number of benzene rings is 1. The van der Waals surface area contributed by atoms with Crippen LogP contribution in [0.25, 0.3) is 0 Å². The molecule has 2 unspecified atom stereocenters. The molecule has 2 aliphatic heterocycles. The van der Waals surface area contributed by atoms with E-state index in [1.54, 1.807) is 11.9 Å². The van der Waals surface area contributed by atoms with Crippen LogP contribution in [-0.4, -0.2) is 23.2 Å². The molecule has 1 aromatic carbocycles. The van der Waals surface area contributed by atoms with Crippen LogP contribution < -0.4 is 9.80 Å². The van der Waals surface area contributed by atoms with Crippen molar-refractivity contribution in [2.45, 2.75) is 44.2 Å².